The van der Waals surface area contributed by atoms with Crippen LogP contribution in [0.1, 0.15) is 45.4 Å². The van der Waals surface area contributed by atoms with Gasteiger partial charge in [0.15, 0.2) is 0 Å². The average molecular weight is 284 g/mol. The maximum absolute atomic E-state index is 4.37. The molecule has 0 aliphatic heterocycles. The Kier molecular flexibility index (Phi) is 6.52. The summed E-state index contributed by atoms with van der Waals surface area (Å²) in [6.07, 6.45) is 10.3. The molecule has 1 fully saturated rings. The molecule has 4 heteroatoms. The SMILES string of the molecule is CCCNC(CSc1nccs1)C1CCCCC1. The molecule has 1 N–H and O–H groups in total. The summed E-state index contributed by atoms with van der Waals surface area (Å²) >= 11 is 3.68. The Labute approximate surface area is 119 Å². The molecule has 0 aromatic carbocycles. The van der Waals surface area contributed by atoms with E-state index >= 15 is 0 Å². The second-order valence-electron chi connectivity index (χ2n) is 5.07. The molecule has 1 aliphatic carbocycles. The second-order valence-corrected chi connectivity index (χ2v) is 7.23. The number of rotatable bonds is 7. The Morgan fingerprint density at radius 3 is 2.94 bits per heavy atom. The van der Waals surface area contributed by atoms with Crippen LogP contribution in [0.25, 0.3) is 0 Å². The Bertz CT molecular complexity index is 308. The summed E-state index contributed by atoms with van der Waals surface area (Å²) in [4.78, 5) is 4.37. The number of thiazole rings is 1. The highest BCUT2D eigenvalue weighted by Crippen LogP contribution is 2.30. The van der Waals surface area contributed by atoms with E-state index in [4.69, 9.17) is 0 Å². The van der Waals surface area contributed by atoms with Gasteiger partial charge in [-0.1, -0.05) is 37.9 Å². The van der Waals surface area contributed by atoms with Gasteiger partial charge < -0.3 is 5.32 Å². The minimum atomic E-state index is 0.680. The van der Waals surface area contributed by atoms with Crippen LogP contribution in [0.15, 0.2) is 15.9 Å². The van der Waals surface area contributed by atoms with Crippen LogP contribution in [0.5, 0.6) is 0 Å². The third-order valence-electron chi connectivity index (χ3n) is 3.67. The van der Waals surface area contributed by atoms with E-state index in [1.54, 1.807) is 11.3 Å². The van der Waals surface area contributed by atoms with Crippen molar-refractivity contribution in [3.63, 3.8) is 0 Å². The van der Waals surface area contributed by atoms with E-state index in [-0.39, 0.29) is 0 Å². The van der Waals surface area contributed by atoms with Crippen molar-refractivity contribution in [1.82, 2.24) is 10.3 Å². The summed E-state index contributed by atoms with van der Waals surface area (Å²) in [6, 6.07) is 0.680. The lowest BCUT2D eigenvalue weighted by Crippen LogP contribution is -2.39. The van der Waals surface area contributed by atoms with Crippen LogP contribution >= 0.6 is 23.1 Å². The molecule has 18 heavy (non-hydrogen) atoms. The number of thioether (sulfide) groups is 1. The van der Waals surface area contributed by atoms with Gasteiger partial charge in [-0.05, 0) is 31.7 Å². The molecule has 2 rings (SSSR count). The van der Waals surface area contributed by atoms with Gasteiger partial charge in [-0.3, -0.25) is 0 Å². The number of hydrogen-bond acceptors (Lipinski definition) is 4. The molecule has 1 unspecified atom stereocenters. The van der Waals surface area contributed by atoms with Gasteiger partial charge in [-0.2, -0.15) is 0 Å². The van der Waals surface area contributed by atoms with Crippen LogP contribution in [0, 0.1) is 5.92 Å². The highest BCUT2D eigenvalue weighted by atomic mass is 32.2. The second kappa shape index (κ2) is 8.18. The van der Waals surface area contributed by atoms with E-state index in [1.807, 2.05) is 18.0 Å². The number of nitrogens with zero attached hydrogens (tertiary/aromatic N) is 1. The molecule has 1 heterocycles. The Balaban J connectivity index is 1.83. The molecule has 1 atom stereocenters. The lowest BCUT2D eigenvalue weighted by Gasteiger charge is -2.30. The molecule has 0 saturated heterocycles. The zero-order chi connectivity index (χ0) is 12.6. The molecular formula is C14H24N2S2. The highest BCUT2D eigenvalue weighted by molar-refractivity contribution is 8.01. The fourth-order valence-corrected chi connectivity index (χ4v) is 4.52. The third kappa shape index (κ3) is 4.56. The summed E-state index contributed by atoms with van der Waals surface area (Å²) in [5.74, 6) is 2.07. The zero-order valence-corrected chi connectivity index (χ0v) is 12.9. The van der Waals surface area contributed by atoms with Gasteiger partial charge in [-0.15, -0.1) is 11.3 Å². The first-order valence-electron chi connectivity index (χ1n) is 7.16. The standard InChI is InChI=1S/C14H24N2S2/c1-2-8-15-13(12-6-4-3-5-7-12)11-18-14-16-9-10-17-14/h9-10,12-13,15H,2-8,11H2,1H3. The number of aromatic nitrogens is 1. The predicted octanol–water partition coefficient (Wildman–Crippen LogP) is 4.18. The van der Waals surface area contributed by atoms with Crippen molar-refractivity contribution in [1.29, 1.82) is 0 Å². The summed E-state index contributed by atoms with van der Waals surface area (Å²) in [6.45, 7) is 3.40. The van der Waals surface area contributed by atoms with Gasteiger partial charge in [-0.25, -0.2) is 4.98 Å². The Hall–Kier alpha value is -0.0600. The summed E-state index contributed by atoms with van der Waals surface area (Å²) < 4.78 is 1.22. The van der Waals surface area contributed by atoms with Crippen molar-refractivity contribution >= 4 is 23.1 Å². The molecule has 1 saturated carbocycles. The van der Waals surface area contributed by atoms with Gasteiger partial charge >= 0.3 is 0 Å². The highest BCUT2D eigenvalue weighted by Gasteiger charge is 2.23. The van der Waals surface area contributed by atoms with Gasteiger partial charge in [0.25, 0.3) is 0 Å². The molecule has 0 amide bonds. The average Bonchev–Trinajstić information content (AvgIpc) is 2.93. The van der Waals surface area contributed by atoms with E-state index < -0.39 is 0 Å². The van der Waals surface area contributed by atoms with Crippen LogP contribution in [0.4, 0.5) is 0 Å². The van der Waals surface area contributed by atoms with Crippen molar-refractivity contribution < 1.29 is 0 Å². The van der Waals surface area contributed by atoms with E-state index in [1.165, 1.54) is 48.6 Å². The van der Waals surface area contributed by atoms with Crippen molar-refractivity contribution in [2.75, 3.05) is 12.3 Å². The molecule has 1 aromatic rings. The Morgan fingerprint density at radius 1 is 1.44 bits per heavy atom. The quantitative estimate of drug-likeness (QED) is 0.760. The summed E-state index contributed by atoms with van der Waals surface area (Å²) in [5, 5.41) is 5.82. The normalized spacial score (nSPS) is 18.9. The van der Waals surface area contributed by atoms with Crippen LogP contribution in [0.3, 0.4) is 0 Å². The number of hydrogen-bond donors (Lipinski definition) is 1. The van der Waals surface area contributed by atoms with Gasteiger partial charge in [0, 0.05) is 23.4 Å². The first-order chi connectivity index (χ1) is 8.90. The predicted molar refractivity (Wildman–Crippen MR) is 81.5 cm³/mol. The molecule has 0 spiro atoms. The summed E-state index contributed by atoms with van der Waals surface area (Å²) in [5.41, 5.74) is 0. The largest absolute Gasteiger partial charge is 0.313 e. The van der Waals surface area contributed by atoms with Crippen molar-refractivity contribution in [2.45, 2.75) is 55.8 Å². The minimum absolute atomic E-state index is 0.680. The monoisotopic (exact) mass is 284 g/mol. The third-order valence-corrected chi connectivity index (χ3v) is 5.76. The first-order valence-corrected chi connectivity index (χ1v) is 9.02. The zero-order valence-electron chi connectivity index (χ0n) is 11.2. The fraction of sp³-hybridized carbons (Fsp3) is 0.786. The topological polar surface area (TPSA) is 24.9 Å². The lowest BCUT2D eigenvalue weighted by atomic mass is 9.84. The maximum Gasteiger partial charge on any atom is 0.149 e. The van der Waals surface area contributed by atoms with Gasteiger partial charge in [0.1, 0.15) is 4.34 Å². The molecule has 0 bridgehead atoms. The maximum atomic E-state index is 4.37. The van der Waals surface area contributed by atoms with Gasteiger partial charge in [0.2, 0.25) is 0 Å². The smallest absolute Gasteiger partial charge is 0.149 e. The lowest BCUT2D eigenvalue weighted by molar-refractivity contribution is 0.285. The summed E-state index contributed by atoms with van der Waals surface area (Å²) in [7, 11) is 0. The van der Waals surface area contributed by atoms with E-state index in [0.29, 0.717) is 6.04 Å². The molecule has 102 valence electrons. The van der Waals surface area contributed by atoms with Crippen LogP contribution < -0.4 is 5.32 Å². The molecular weight excluding hydrogens is 260 g/mol. The van der Waals surface area contributed by atoms with Crippen LogP contribution in [-0.4, -0.2) is 23.3 Å². The minimum Gasteiger partial charge on any atom is -0.313 e. The van der Waals surface area contributed by atoms with E-state index in [2.05, 4.69) is 22.6 Å². The van der Waals surface area contributed by atoms with Crippen molar-refractivity contribution in [3.05, 3.63) is 11.6 Å². The fourth-order valence-electron chi connectivity index (χ4n) is 2.67. The van der Waals surface area contributed by atoms with Crippen LogP contribution in [0.2, 0.25) is 0 Å². The molecule has 0 radical (unpaired) electrons. The van der Waals surface area contributed by atoms with Gasteiger partial charge in [0.05, 0.1) is 0 Å². The number of nitrogens with one attached hydrogen (secondary N) is 1. The first kappa shape index (κ1) is 14.4. The molecule has 1 aromatic heterocycles. The van der Waals surface area contributed by atoms with E-state index in [0.717, 1.165) is 12.5 Å². The molecule has 1 aliphatic rings. The van der Waals surface area contributed by atoms with E-state index in [9.17, 15) is 0 Å². The van der Waals surface area contributed by atoms with Crippen molar-refractivity contribution in [3.8, 4) is 0 Å². The van der Waals surface area contributed by atoms with Crippen LogP contribution in [-0.2, 0) is 0 Å². The van der Waals surface area contributed by atoms with Crippen molar-refractivity contribution in [2.24, 2.45) is 5.92 Å². The molecule has 2 nitrogen and oxygen atoms in total. The Morgan fingerprint density at radius 2 is 2.28 bits per heavy atom.